The lowest BCUT2D eigenvalue weighted by molar-refractivity contribution is 0.112. The highest BCUT2D eigenvalue weighted by molar-refractivity contribution is 7.17. The molecule has 0 bridgehead atoms. The average molecular weight is 212 g/mol. The first-order chi connectivity index (χ1) is 6.24. The molecule has 0 aliphatic heterocycles. The van der Waals surface area contributed by atoms with Gasteiger partial charge in [0, 0.05) is 15.6 Å². The second-order valence-electron chi connectivity index (χ2n) is 2.64. The van der Waals surface area contributed by atoms with Gasteiger partial charge in [-0.05, 0) is 17.5 Å². The van der Waals surface area contributed by atoms with Crippen LogP contribution in [0.25, 0.3) is 10.1 Å². The van der Waals surface area contributed by atoms with Gasteiger partial charge in [0.15, 0.2) is 6.29 Å². The monoisotopic (exact) mass is 211 g/mol. The zero-order valence-electron chi connectivity index (χ0n) is 6.58. The molecule has 13 heavy (non-hydrogen) atoms. The van der Waals surface area contributed by atoms with Crippen LogP contribution in [-0.4, -0.2) is 6.29 Å². The van der Waals surface area contributed by atoms with Gasteiger partial charge >= 0.3 is 0 Å². The van der Waals surface area contributed by atoms with Crippen LogP contribution < -0.4 is 5.73 Å². The van der Waals surface area contributed by atoms with Crippen molar-refractivity contribution in [1.82, 2.24) is 0 Å². The maximum Gasteiger partial charge on any atom is 0.152 e. The molecule has 2 rings (SSSR count). The molecule has 0 fully saturated rings. The molecule has 0 amide bonds. The van der Waals surface area contributed by atoms with Crippen LogP contribution in [0.2, 0.25) is 5.02 Å². The number of anilines is 1. The van der Waals surface area contributed by atoms with Crippen molar-refractivity contribution in [3.8, 4) is 0 Å². The van der Waals surface area contributed by atoms with Crippen molar-refractivity contribution in [2.75, 3.05) is 5.73 Å². The molecule has 2 aromatic rings. The van der Waals surface area contributed by atoms with Crippen molar-refractivity contribution in [3.63, 3.8) is 0 Å². The molecule has 0 radical (unpaired) electrons. The van der Waals surface area contributed by atoms with E-state index in [0.29, 0.717) is 16.3 Å². The topological polar surface area (TPSA) is 43.1 Å². The highest BCUT2D eigenvalue weighted by Crippen LogP contribution is 2.33. The summed E-state index contributed by atoms with van der Waals surface area (Å²) in [5.41, 5.74) is 6.51. The molecule has 0 unspecified atom stereocenters. The SMILES string of the molecule is Nc1c(Cl)cc2sccc2c1C=O. The summed E-state index contributed by atoms with van der Waals surface area (Å²) in [5, 5.41) is 3.23. The number of halogens is 1. The molecule has 2 nitrogen and oxygen atoms in total. The van der Waals surface area contributed by atoms with Crippen molar-refractivity contribution in [1.29, 1.82) is 0 Å². The molecule has 0 aliphatic carbocycles. The molecule has 0 atom stereocenters. The number of nitrogens with two attached hydrogens (primary N) is 1. The van der Waals surface area contributed by atoms with Gasteiger partial charge in [0.25, 0.3) is 0 Å². The minimum absolute atomic E-state index is 0.363. The van der Waals surface area contributed by atoms with E-state index in [-0.39, 0.29) is 0 Å². The van der Waals surface area contributed by atoms with Gasteiger partial charge < -0.3 is 5.73 Å². The number of benzene rings is 1. The molecule has 0 saturated heterocycles. The third-order valence-corrected chi connectivity index (χ3v) is 3.09. The van der Waals surface area contributed by atoms with Crippen LogP contribution in [-0.2, 0) is 0 Å². The highest BCUT2D eigenvalue weighted by Gasteiger charge is 2.09. The molecule has 1 aromatic heterocycles. The molecule has 4 heteroatoms. The Morgan fingerprint density at radius 1 is 1.54 bits per heavy atom. The zero-order chi connectivity index (χ0) is 9.42. The van der Waals surface area contributed by atoms with Crippen molar-refractivity contribution in [3.05, 3.63) is 28.1 Å². The summed E-state index contributed by atoms with van der Waals surface area (Å²) in [6, 6.07) is 3.65. The van der Waals surface area contributed by atoms with E-state index in [1.54, 1.807) is 17.4 Å². The number of thiophene rings is 1. The summed E-state index contributed by atoms with van der Waals surface area (Å²) in [6.07, 6.45) is 0.746. The van der Waals surface area contributed by atoms with Crippen LogP contribution >= 0.6 is 22.9 Å². The van der Waals surface area contributed by atoms with Crippen LogP contribution in [0, 0.1) is 0 Å². The van der Waals surface area contributed by atoms with Gasteiger partial charge in [0.2, 0.25) is 0 Å². The lowest BCUT2D eigenvalue weighted by Crippen LogP contribution is -1.93. The second kappa shape index (κ2) is 3.01. The van der Waals surface area contributed by atoms with Crippen molar-refractivity contribution in [2.24, 2.45) is 0 Å². The van der Waals surface area contributed by atoms with Crippen LogP contribution in [0.15, 0.2) is 17.5 Å². The highest BCUT2D eigenvalue weighted by atomic mass is 35.5. The number of nitrogen functional groups attached to an aromatic ring is 1. The summed E-state index contributed by atoms with van der Waals surface area (Å²) in [6.45, 7) is 0. The van der Waals surface area contributed by atoms with Crippen LogP contribution in [0.1, 0.15) is 10.4 Å². The Morgan fingerprint density at radius 2 is 2.31 bits per heavy atom. The quantitative estimate of drug-likeness (QED) is 0.582. The largest absolute Gasteiger partial charge is 0.397 e. The van der Waals surface area contributed by atoms with Gasteiger partial charge in [-0.3, -0.25) is 4.79 Å². The lowest BCUT2D eigenvalue weighted by Gasteiger charge is -2.02. The van der Waals surface area contributed by atoms with Crippen molar-refractivity contribution >= 4 is 45.0 Å². The predicted molar refractivity (Wildman–Crippen MR) is 56.6 cm³/mol. The molecular weight excluding hydrogens is 206 g/mol. The summed E-state index contributed by atoms with van der Waals surface area (Å²) < 4.78 is 0.987. The first-order valence-corrected chi connectivity index (χ1v) is 4.90. The van der Waals surface area contributed by atoms with Crippen molar-refractivity contribution in [2.45, 2.75) is 0 Å². The second-order valence-corrected chi connectivity index (χ2v) is 3.99. The van der Waals surface area contributed by atoms with E-state index in [4.69, 9.17) is 17.3 Å². The molecular formula is C9H6ClNOS. The third-order valence-electron chi connectivity index (χ3n) is 1.91. The smallest absolute Gasteiger partial charge is 0.152 e. The Labute approximate surface area is 83.9 Å². The van der Waals surface area contributed by atoms with Gasteiger partial charge in [-0.1, -0.05) is 11.6 Å². The first-order valence-electron chi connectivity index (χ1n) is 3.64. The summed E-state index contributed by atoms with van der Waals surface area (Å²) in [7, 11) is 0. The number of rotatable bonds is 1. The normalized spacial score (nSPS) is 10.5. The van der Waals surface area contributed by atoms with E-state index in [1.807, 2.05) is 11.4 Å². The maximum absolute atomic E-state index is 10.8. The molecule has 0 saturated carbocycles. The number of hydrogen-bond donors (Lipinski definition) is 1. The standard InChI is InChI=1S/C9H6ClNOS/c10-7-3-8-5(1-2-13-8)6(4-12)9(7)11/h1-4H,11H2. The molecule has 0 spiro atoms. The third kappa shape index (κ3) is 1.20. The summed E-state index contributed by atoms with van der Waals surface area (Å²) >= 11 is 7.39. The Morgan fingerprint density at radius 3 is 3.00 bits per heavy atom. The Kier molecular flexibility index (Phi) is 1.98. The lowest BCUT2D eigenvalue weighted by atomic mass is 10.1. The fraction of sp³-hybridized carbons (Fsp3) is 0. The van der Waals surface area contributed by atoms with E-state index in [1.165, 1.54) is 0 Å². The number of hydrogen-bond acceptors (Lipinski definition) is 3. The van der Waals surface area contributed by atoms with Gasteiger partial charge in [0.1, 0.15) is 0 Å². The summed E-state index contributed by atoms with van der Waals surface area (Å²) in [5.74, 6) is 0. The molecule has 1 heterocycles. The van der Waals surface area contributed by atoms with E-state index >= 15 is 0 Å². The van der Waals surface area contributed by atoms with Crippen LogP contribution in [0.3, 0.4) is 0 Å². The maximum atomic E-state index is 10.8. The zero-order valence-corrected chi connectivity index (χ0v) is 8.15. The molecule has 0 aliphatic rings. The molecule has 2 N–H and O–H groups in total. The minimum atomic E-state index is 0.363. The van der Waals surface area contributed by atoms with Crippen LogP contribution in [0.5, 0.6) is 0 Å². The van der Waals surface area contributed by atoms with Crippen LogP contribution in [0.4, 0.5) is 5.69 Å². The fourth-order valence-corrected chi connectivity index (χ4v) is 2.37. The number of aldehydes is 1. The first kappa shape index (κ1) is 8.53. The van der Waals surface area contributed by atoms with Gasteiger partial charge in [-0.2, -0.15) is 0 Å². The number of fused-ring (bicyclic) bond motifs is 1. The van der Waals surface area contributed by atoms with E-state index in [9.17, 15) is 4.79 Å². The molecule has 1 aromatic carbocycles. The Balaban J connectivity index is 2.95. The molecule has 66 valence electrons. The van der Waals surface area contributed by atoms with E-state index < -0.39 is 0 Å². The van der Waals surface area contributed by atoms with Crippen molar-refractivity contribution < 1.29 is 4.79 Å². The average Bonchev–Trinajstić information content (AvgIpc) is 2.54. The van der Waals surface area contributed by atoms with Gasteiger partial charge in [-0.25, -0.2) is 0 Å². The van der Waals surface area contributed by atoms with Gasteiger partial charge in [0.05, 0.1) is 10.7 Å². The minimum Gasteiger partial charge on any atom is -0.397 e. The fourth-order valence-electron chi connectivity index (χ4n) is 1.25. The van der Waals surface area contributed by atoms with Gasteiger partial charge in [-0.15, -0.1) is 11.3 Å². The Bertz CT molecular complexity index is 478. The van der Waals surface area contributed by atoms with E-state index in [2.05, 4.69) is 0 Å². The summed E-state index contributed by atoms with van der Waals surface area (Å²) in [4.78, 5) is 10.8. The predicted octanol–water partition coefficient (Wildman–Crippen LogP) is 2.95. The Hall–Kier alpha value is -1.06. The van der Waals surface area contributed by atoms with E-state index in [0.717, 1.165) is 16.4 Å². The number of carbonyl (C=O) groups excluding carboxylic acids is 1. The number of carbonyl (C=O) groups is 1.